The summed E-state index contributed by atoms with van der Waals surface area (Å²) >= 11 is 0. The average molecular weight is 248 g/mol. The lowest BCUT2D eigenvalue weighted by atomic mass is 9.98. The minimum Gasteiger partial charge on any atom is -0.481 e. The summed E-state index contributed by atoms with van der Waals surface area (Å²) in [6.45, 7) is 5.48. The Morgan fingerprint density at radius 3 is 2.83 bits per heavy atom. The SMILES string of the molecule is C[C@@H]1CN(CC(C(=O)O)c2ccccc2)CCN1. The van der Waals surface area contributed by atoms with Crippen LogP contribution in [0.2, 0.25) is 0 Å². The van der Waals surface area contributed by atoms with Gasteiger partial charge in [-0.2, -0.15) is 0 Å². The van der Waals surface area contributed by atoms with E-state index in [4.69, 9.17) is 0 Å². The Morgan fingerprint density at radius 1 is 1.50 bits per heavy atom. The number of carboxylic acids is 1. The quantitative estimate of drug-likeness (QED) is 0.839. The second kappa shape index (κ2) is 5.98. The zero-order valence-electron chi connectivity index (χ0n) is 10.7. The second-order valence-electron chi connectivity index (χ2n) is 4.92. The molecule has 2 atom stereocenters. The molecule has 1 aliphatic heterocycles. The smallest absolute Gasteiger partial charge is 0.312 e. The third kappa shape index (κ3) is 3.31. The molecule has 0 aliphatic carbocycles. The molecule has 18 heavy (non-hydrogen) atoms. The molecule has 1 fully saturated rings. The maximum atomic E-state index is 11.4. The highest BCUT2D eigenvalue weighted by Gasteiger charge is 2.25. The molecule has 4 heteroatoms. The van der Waals surface area contributed by atoms with Crippen molar-refractivity contribution < 1.29 is 9.90 Å². The van der Waals surface area contributed by atoms with Crippen molar-refractivity contribution in [1.29, 1.82) is 0 Å². The zero-order valence-corrected chi connectivity index (χ0v) is 10.7. The molecule has 1 aromatic rings. The molecule has 1 aliphatic rings. The highest BCUT2D eigenvalue weighted by atomic mass is 16.4. The van der Waals surface area contributed by atoms with Gasteiger partial charge in [0.05, 0.1) is 5.92 Å². The summed E-state index contributed by atoms with van der Waals surface area (Å²) in [6.07, 6.45) is 0. The lowest BCUT2D eigenvalue weighted by Gasteiger charge is -2.33. The van der Waals surface area contributed by atoms with Gasteiger partial charge in [0.2, 0.25) is 0 Å². The van der Waals surface area contributed by atoms with E-state index >= 15 is 0 Å². The first kappa shape index (κ1) is 13.1. The molecule has 0 bridgehead atoms. The topological polar surface area (TPSA) is 52.6 Å². The number of aliphatic carboxylic acids is 1. The molecule has 0 saturated carbocycles. The van der Waals surface area contributed by atoms with Crippen LogP contribution in [0.1, 0.15) is 18.4 Å². The maximum Gasteiger partial charge on any atom is 0.312 e. The molecule has 2 rings (SSSR count). The van der Waals surface area contributed by atoms with E-state index in [2.05, 4.69) is 17.1 Å². The van der Waals surface area contributed by atoms with Crippen LogP contribution in [0.4, 0.5) is 0 Å². The standard InChI is InChI=1S/C14H20N2O2/c1-11-9-16(8-7-15-11)10-13(14(17)18)12-5-3-2-4-6-12/h2-6,11,13,15H,7-10H2,1H3,(H,17,18)/t11-,13?/m1/s1. The van der Waals surface area contributed by atoms with Crippen molar-refractivity contribution in [1.82, 2.24) is 10.2 Å². The van der Waals surface area contributed by atoms with Crippen LogP contribution in [0.5, 0.6) is 0 Å². The number of hydrogen-bond donors (Lipinski definition) is 2. The molecule has 98 valence electrons. The van der Waals surface area contributed by atoms with Gasteiger partial charge in [0.25, 0.3) is 0 Å². The minimum atomic E-state index is -0.743. The molecule has 0 amide bonds. The van der Waals surface area contributed by atoms with Gasteiger partial charge in [-0.3, -0.25) is 9.69 Å². The summed E-state index contributed by atoms with van der Waals surface area (Å²) in [5.74, 6) is -1.18. The monoisotopic (exact) mass is 248 g/mol. The predicted octanol–water partition coefficient (Wildman–Crippen LogP) is 1.15. The number of benzene rings is 1. The normalized spacial score (nSPS) is 22.6. The first-order valence-electron chi connectivity index (χ1n) is 6.40. The van der Waals surface area contributed by atoms with E-state index in [1.807, 2.05) is 30.3 Å². The van der Waals surface area contributed by atoms with E-state index in [0.717, 1.165) is 25.2 Å². The van der Waals surface area contributed by atoms with Gasteiger partial charge in [-0.25, -0.2) is 0 Å². The summed E-state index contributed by atoms with van der Waals surface area (Å²) in [5, 5.41) is 12.7. The molecule has 1 aromatic carbocycles. The van der Waals surface area contributed by atoms with Crippen molar-refractivity contribution in [3.05, 3.63) is 35.9 Å². The van der Waals surface area contributed by atoms with Gasteiger partial charge in [-0.15, -0.1) is 0 Å². The summed E-state index contributed by atoms with van der Waals surface area (Å²) in [6, 6.07) is 9.92. The Labute approximate surface area is 108 Å². The molecule has 0 radical (unpaired) electrons. The van der Waals surface area contributed by atoms with E-state index in [9.17, 15) is 9.90 Å². The second-order valence-corrected chi connectivity index (χ2v) is 4.92. The van der Waals surface area contributed by atoms with E-state index in [-0.39, 0.29) is 0 Å². The van der Waals surface area contributed by atoms with Crippen LogP contribution in [0.25, 0.3) is 0 Å². The van der Waals surface area contributed by atoms with Gasteiger partial charge in [-0.1, -0.05) is 30.3 Å². The fraction of sp³-hybridized carbons (Fsp3) is 0.500. The minimum absolute atomic E-state index is 0.434. The van der Waals surface area contributed by atoms with Crippen molar-refractivity contribution in [3.63, 3.8) is 0 Å². The van der Waals surface area contributed by atoms with Gasteiger partial charge >= 0.3 is 5.97 Å². The van der Waals surface area contributed by atoms with Crippen LogP contribution in [0.3, 0.4) is 0 Å². The van der Waals surface area contributed by atoms with Crippen LogP contribution >= 0.6 is 0 Å². The Kier molecular flexibility index (Phi) is 4.33. The third-order valence-electron chi connectivity index (χ3n) is 3.39. The number of piperazine rings is 1. The van der Waals surface area contributed by atoms with Crippen molar-refractivity contribution >= 4 is 5.97 Å². The Balaban J connectivity index is 2.05. The predicted molar refractivity (Wildman–Crippen MR) is 70.7 cm³/mol. The molecular formula is C14H20N2O2. The number of nitrogens with zero attached hydrogens (tertiary/aromatic N) is 1. The molecule has 2 N–H and O–H groups in total. The largest absolute Gasteiger partial charge is 0.481 e. The molecular weight excluding hydrogens is 228 g/mol. The van der Waals surface area contributed by atoms with Gasteiger partial charge in [0.1, 0.15) is 0 Å². The molecule has 1 unspecified atom stereocenters. The molecule has 0 aromatic heterocycles. The molecule has 1 heterocycles. The number of hydrogen-bond acceptors (Lipinski definition) is 3. The fourth-order valence-corrected chi connectivity index (χ4v) is 2.45. The van der Waals surface area contributed by atoms with Gasteiger partial charge < -0.3 is 10.4 Å². The molecule has 1 saturated heterocycles. The summed E-state index contributed by atoms with van der Waals surface area (Å²) < 4.78 is 0. The first-order valence-corrected chi connectivity index (χ1v) is 6.40. The fourth-order valence-electron chi connectivity index (χ4n) is 2.45. The van der Waals surface area contributed by atoms with Crippen LogP contribution in [0.15, 0.2) is 30.3 Å². The van der Waals surface area contributed by atoms with E-state index in [1.54, 1.807) is 0 Å². The van der Waals surface area contributed by atoms with Crippen molar-refractivity contribution in [2.75, 3.05) is 26.2 Å². The number of rotatable bonds is 4. The summed E-state index contributed by atoms with van der Waals surface area (Å²) in [4.78, 5) is 13.6. The number of carbonyl (C=O) groups is 1. The van der Waals surface area contributed by atoms with Gasteiger partial charge in [-0.05, 0) is 12.5 Å². The molecule has 0 spiro atoms. The third-order valence-corrected chi connectivity index (χ3v) is 3.39. The maximum absolute atomic E-state index is 11.4. The van der Waals surface area contributed by atoms with Crippen LogP contribution in [0, 0.1) is 0 Å². The first-order chi connectivity index (χ1) is 8.66. The Hall–Kier alpha value is -1.39. The lowest BCUT2D eigenvalue weighted by molar-refractivity contribution is -0.139. The van der Waals surface area contributed by atoms with Crippen molar-refractivity contribution in [3.8, 4) is 0 Å². The zero-order chi connectivity index (χ0) is 13.0. The Bertz CT molecular complexity index is 394. The van der Waals surface area contributed by atoms with E-state index in [0.29, 0.717) is 12.6 Å². The van der Waals surface area contributed by atoms with E-state index in [1.165, 1.54) is 0 Å². The van der Waals surface area contributed by atoms with Gasteiger partial charge in [0, 0.05) is 32.2 Å². The van der Waals surface area contributed by atoms with Crippen molar-refractivity contribution in [2.24, 2.45) is 0 Å². The number of nitrogens with one attached hydrogen (secondary N) is 1. The average Bonchev–Trinajstić information content (AvgIpc) is 2.37. The van der Waals surface area contributed by atoms with Crippen LogP contribution in [-0.4, -0.2) is 48.2 Å². The highest BCUT2D eigenvalue weighted by Crippen LogP contribution is 2.18. The molecule has 4 nitrogen and oxygen atoms in total. The van der Waals surface area contributed by atoms with E-state index < -0.39 is 11.9 Å². The summed E-state index contributed by atoms with van der Waals surface area (Å²) in [7, 11) is 0. The lowest BCUT2D eigenvalue weighted by Crippen LogP contribution is -2.50. The van der Waals surface area contributed by atoms with Crippen LogP contribution < -0.4 is 5.32 Å². The summed E-state index contributed by atoms with van der Waals surface area (Å²) in [5.41, 5.74) is 0.885. The highest BCUT2D eigenvalue weighted by molar-refractivity contribution is 5.76. The Morgan fingerprint density at radius 2 is 2.22 bits per heavy atom. The van der Waals surface area contributed by atoms with Gasteiger partial charge in [0.15, 0.2) is 0 Å². The van der Waals surface area contributed by atoms with Crippen LogP contribution in [-0.2, 0) is 4.79 Å². The number of carboxylic acid groups (broad SMARTS) is 1. The van der Waals surface area contributed by atoms with Crippen molar-refractivity contribution in [2.45, 2.75) is 18.9 Å².